The predicted octanol–water partition coefficient (Wildman–Crippen LogP) is 2.50. The van der Waals surface area contributed by atoms with Crippen LogP contribution in [0.25, 0.3) is 0 Å². The maximum absolute atomic E-state index is 12.1. The summed E-state index contributed by atoms with van der Waals surface area (Å²) < 4.78 is 33.3. The third kappa shape index (κ3) is 5.50. The Bertz CT molecular complexity index is 643. The van der Waals surface area contributed by atoms with Gasteiger partial charge in [-0.05, 0) is 31.0 Å². The van der Waals surface area contributed by atoms with Gasteiger partial charge in [-0.2, -0.15) is 14.0 Å². The summed E-state index contributed by atoms with van der Waals surface area (Å²) in [6, 6.07) is 7.02. The number of benzene rings is 1. The second kappa shape index (κ2) is 8.24. The molecule has 0 unspecified atom stereocenters. The van der Waals surface area contributed by atoms with E-state index in [1.807, 2.05) is 6.07 Å². The van der Waals surface area contributed by atoms with Crippen LogP contribution < -0.4 is 10.1 Å². The van der Waals surface area contributed by atoms with Crippen LogP contribution in [0.3, 0.4) is 0 Å². The molecule has 0 saturated heterocycles. The summed E-state index contributed by atoms with van der Waals surface area (Å²) in [4.78, 5) is 23.7. The van der Waals surface area contributed by atoms with Gasteiger partial charge in [-0.15, -0.1) is 0 Å². The highest BCUT2D eigenvalue weighted by Crippen LogP contribution is 2.17. The molecule has 0 radical (unpaired) electrons. The highest BCUT2D eigenvalue weighted by atomic mass is 19.3. The number of hydrogen-bond acceptors (Lipinski definition) is 5. The molecule has 0 saturated carbocycles. The Morgan fingerprint density at radius 1 is 1.38 bits per heavy atom. The van der Waals surface area contributed by atoms with E-state index in [1.54, 1.807) is 20.8 Å². The van der Waals surface area contributed by atoms with E-state index in [-0.39, 0.29) is 17.2 Å². The lowest BCUT2D eigenvalue weighted by Crippen LogP contribution is -2.50. The molecule has 0 bridgehead atoms. The molecule has 8 heteroatoms. The minimum atomic E-state index is -3.01. The molecule has 1 rings (SSSR count). The van der Waals surface area contributed by atoms with Crippen molar-refractivity contribution < 1.29 is 27.8 Å². The lowest BCUT2D eigenvalue weighted by molar-refractivity contribution is -0.125. The number of nitrogens with zero attached hydrogens (tertiary/aromatic N) is 1. The molecule has 0 heterocycles. The molecule has 0 aliphatic rings. The minimum Gasteiger partial charge on any atom is -0.452 e. The van der Waals surface area contributed by atoms with Gasteiger partial charge in [0.25, 0.3) is 5.91 Å². The summed E-state index contributed by atoms with van der Waals surface area (Å²) in [7, 11) is 0. The molecule has 0 fully saturated rings. The third-order valence-electron chi connectivity index (χ3n) is 3.42. The molecule has 130 valence electrons. The Morgan fingerprint density at radius 2 is 2.04 bits per heavy atom. The molecule has 6 nitrogen and oxygen atoms in total. The number of hydrogen-bond donors (Lipinski definition) is 1. The number of ether oxygens (including phenoxy) is 2. The molecule has 1 aromatic rings. The Morgan fingerprint density at radius 3 is 2.58 bits per heavy atom. The number of esters is 1. The van der Waals surface area contributed by atoms with Crippen LogP contribution in [-0.2, 0) is 9.53 Å². The smallest absolute Gasteiger partial charge is 0.387 e. The van der Waals surface area contributed by atoms with Crippen molar-refractivity contribution in [3.05, 3.63) is 29.8 Å². The van der Waals surface area contributed by atoms with Gasteiger partial charge in [0, 0.05) is 0 Å². The fourth-order valence-corrected chi connectivity index (χ4v) is 1.64. The highest BCUT2D eigenvalue weighted by Gasteiger charge is 2.30. The van der Waals surface area contributed by atoms with Crippen molar-refractivity contribution in [3.8, 4) is 11.8 Å². The van der Waals surface area contributed by atoms with Crippen LogP contribution in [0.2, 0.25) is 0 Å². The predicted molar refractivity (Wildman–Crippen MR) is 80.4 cm³/mol. The molecular formula is C16H18F2N2O4. The average molecular weight is 340 g/mol. The van der Waals surface area contributed by atoms with Gasteiger partial charge in [0.15, 0.2) is 6.61 Å². The molecule has 1 atom stereocenters. The van der Waals surface area contributed by atoms with Crippen LogP contribution in [0.1, 0.15) is 31.1 Å². The van der Waals surface area contributed by atoms with Crippen molar-refractivity contribution in [2.24, 2.45) is 5.92 Å². The van der Waals surface area contributed by atoms with Crippen LogP contribution in [0.5, 0.6) is 5.75 Å². The first-order chi connectivity index (χ1) is 11.2. The number of alkyl halides is 2. The monoisotopic (exact) mass is 340 g/mol. The Kier molecular flexibility index (Phi) is 6.65. The standard InChI is InChI=1S/C16H18F2N2O4/c1-10(2)16(3,9-19)20-13(21)8-23-14(22)11-5-4-6-12(7-11)24-15(17)18/h4-7,10,15H,8H2,1-3H3,(H,20,21)/t16-/m0/s1. The first kappa shape index (κ1) is 19.4. The number of nitriles is 1. The molecule has 0 aromatic heterocycles. The van der Waals surface area contributed by atoms with E-state index in [0.29, 0.717) is 0 Å². The van der Waals surface area contributed by atoms with Gasteiger partial charge in [0.2, 0.25) is 0 Å². The van der Waals surface area contributed by atoms with Crippen molar-refractivity contribution >= 4 is 11.9 Å². The zero-order chi connectivity index (χ0) is 18.3. The lowest BCUT2D eigenvalue weighted by atomic mass is 9.90. The summed E-state index contributed by atoms with van der Waals surface area (Å²) in [6.07, 6.45) is 0. The van der Waals surface area contributed by atoms with Crippen molar-refractivity contribution in [3.63, 3.8) is 0 Å². The first-order valence-corrected chi connectivity index (χ1v) is 7.12. The summed E-state index contributed by atoms with van der Waals surface area (Å²) in [5.41, 5.74) is -1.12. The molecule has 1 amide bonds. The summed E-state index contributed by atoms with van der Waals surface area (Å²) >= 11 is 0. The Labute approximate surface area is 138 Å². The number of carbonyl (C=O) groups is 2. The second-order valence-electron chi connectivity index (χ2n) is 5.50. The van der Waals surface area contributed by atoms with E-state index in [2.05, 4.69) is 10.1 Å². The van der Waals surface area contributed by atoms with E-state index in [4.69, 9.17) is 10.00 Å². The fourth-order valence-electron chi connectivity index (χ4n) is 1.64. The van der Waals surface area contributed by atoms with E-state index < -0.39 is 30.6 Å². The maximum atomic E-state index is 12.1. The van der Waals surface area contributed by atoms with E-state index in [0.717, 1.165) is 6.07 Å². The van der Waals surface area contributed by atoms with Crippen LogP contribution >= 0.6 is 0 Å². The SMILES string of the molecule is CC(C)[C@](C)(C#N)NC(=O)COC(=O)c1cccc(OC(F)F)c1. The van der Waals surface area contributed by atoms with E-state index in [9.17, 15) is 18.4 Å². The molecule has 1 N–H and O–H groups in total. The lowest BCUT2D eigenvalue weighted by Gasteiger charge is -2.27. The largest absolute Gasteiger partial charge is 0.452 e. The van der Waals surface area contributed by atoms with Gasteiger partial charge in [-0.1, -0.05) is 19.9 Å². The maximum Gasteiger partial charge on any atom is 0.387 e. The van der Waals surface area contributed by atoms with Crippen molar-refractivity contribution in [2.75, 3.05) is 6.61 Å². The second-order valence-corrected chi connectivity index (χ2v) is 5.50. The van der Waals surface area contributed by atoms with E-state index >= 15 is 0 Å². The van der Waals surface area contributed by atoms with Crippen LogP contribution in [0.4, 0.5) is 8.78 Å². The topological polar surface area (TPSA) is 88.4 Å². The van der Waals surface area contributed by atoms with E-state index in [1.165, 1.54) is 18.2 Å². The number of rotatable bonds is 7. The molecule has 0 aliphatic carbocycles. The molecule has 1 aromatic carbocycles. The number of halogens is 2. The molecule has 0 spiro atoms. The number of nitrogens with one attached hydrogen (secondary N) is 1. The van der Waals surface area contributed by atoms with Gasteiger partial charge in [-0.3, -0.25) is 4.79 Å². The quantitative estimate of drug-likeness (QED) is 0.771. The molecule has 24 heavy (non-hydrogen) atoms. The first-order valence-electron chi connectivity index (χ1n) is 7.12. The molecular weight excluding hydrogens is 322 g/mol. The summed E-state index contributed by atoms with van der Waals surface area (Å²) in [5, 5.41) is 11.6. The van der Waals surface area contributed by atoms with Crippen molar-refractivity contribution in [2.45, 2.75) is 32.9 Å². The summed E-state index contributed by atoms with van der Waals surface area (Å²) in [6.45, 7) is 1.49. The van der Waals surface area contributed by atoms with Gasteiger partial charge in [0.1, 0.15) is 11.3 Å². The van der Waals surface area contributed by atoms with Crippen LogP contribution in [-0.4, -0.2) is 30.6 Å². The minimum absolute atomic E-state index is 0.0344. The number of amides is 1. The van der Waals surface area contributed by atoms with Crippen LogP contribution in [0.15, 0.2) is 24.3 Å². The fraction of sp³-hybridized carbons (Fsp3) is 0.438. The van der Waals surface area contributed by atoms with Gasteiger partial charge in [0.05, 0.1) is 11.6 Å². The van der Waals surface area contributed by atoms with Gasteiger partial charge < -0.3 is 14.8 Å². The van der Waals surface area contributed by atoms with Crippen LogP contribution in [0, 0.1) is 17.2 Å². The normalized spacial score (nSPS) is 13.1. The zero-order valence-electron chi connectivity index (χ0n) is 13.5. The average Bonchev–Trinajstić information content (AvgIpc) is 2.51. The van der Waals surface area contributed by atoms with Gasteiger partial charge >= 0.3 is 12.6 Å². The zero-order valence-corrected chi connectivity index (χ0v) is 13.5. The Hall–Kier alpha value is -2.69. The van der Waals surface area contributed by atoms with Gasteiger partial charge in [-0.25, -0.2) is 4.79 Å². The highest BCUT2D eigenvalue weighted by molar-refractivity contribution is 5.91. The van der Waals surface area contributed by atoms with Crippen molar-refractivity contribution in [1.82, 2.24) is 5.32 Å². The number of carbonyl (C=O) groups excluding carboxylic acids is 2. The van der Waals surface area contributed by atoms with Crippen molar-refractivity contribution in [1.29, 1.82) is 5.26 Å². The Balaban J connectivity index is 2.63. The third-order valence-corrected chi connectivity index (χ3v) is 3.42. The summed E-state index contributed by atoms with van der Waals surface area (Å²) in [5.74, 6) is -1.85. The molecule has 0 aliphatic heterocycles.